The maximum Gasteiger partial charge on any atom is 0.0771 e. The summed E-state index contributed by atoms with van der Waals surface area (Å²) in [6, 6.07) is 0. The fraction of sp³-hybridized carbons (Fsp3) is 0.867. The number of hydrogen-bond acceptors (Lipinski definition) is 3. The molecular formula is C15H28O3. The van der Waals surface area contributed by atoms with Gasteiger partial charge < -0.3 is 15.3 Å². The molecule has 1 rings (SSSR count). The highest BCUT2D eigenvalue weighted by molar-refractivity contribution is 5.04. The lowest BCUT2D eigenvalue weighted by Gasteiger charge is -2.35. The van der Waals surface area contributed by atoms with Gasteiger partial charge in [-0.05, 0) is 58.8 Å². The van der Waals surface area contributed by atoms with Crippen molar-refractivity contribution in [3.8, 4) is 0 Å². The maximum atomic E-state index is 10.6. The van der Waals surface area contributed by atoms with Gasteiger partial charge in [-0.2, -0.15) is 0 Å². The Labute approximate surface area is 111 Å². The zero-order valence-electron chi connectivity index (χ0n) is 12.3. The molecule has 1 aliphatic carbocycles. The van der Waals surface area contributed by atoms with Crippen molar-refractivity contribution in [2.75, 3.05) is 0 Å². The Balaban J connectivity index is 2.68. The van der Waals surface area contributed by atoms with Crippen LogP contribution in [0.2, 0.25) is 0 Å². The van der Waals surface area contributed by atoms with Crippen molar-refractivity contribution in [3.63, 3.8) is 0 Å². The molecule has 1 fully saturated rings. The molecule has 3 nitrogen and oxygen atoms in total. The molecule has 0 heterocycles. The van der Waals surface area contributed by atoms with E-state index in [0.717, 1.165) is 12.8 Å². The second kappa shape index (κ2) is 4.95. The fourth-order valence-corrected chi connectivity index (χ4v) is 2.95. The summed E-state index contributed by atoms with van der Waals surface area (Å²) >= 11 is 0. The first kappa shape index (κ1) is 15.7. The normalized spacial score (nSPS) is 37.1. The molecule has 1 saturated carbocycles. The van der Waals surface area contributed by atoms with Crippen molar-refractivity contribution in [2.45, 2.75) is 70.7 Å². The van der Waals surface area contributed by atoms with Crippen LogP contribution < -0.4 is 0 Å². The van der Waals surface area contributed by atoms with Crippen LogP contribution in [0.15, 0.2) is 12.2 Å². The van der Waals surface area contributed by atoms with Gasteiger partial charge in [0.05, 0.1) is 16.8 Å². The minimum Gasteiger partial charge on any atom is -0.390 e. The van der Waals surface area contributed by atoms with Gasteiger partial charge in [0.15, 0.2) is 0 Å². The molecule has 106 valence electrons. The summed E-state index contributed by atoms with van der Waals surface area (Å²) in [5.41, 5.74) is -2.35. The van der Waals surface area contributed by atoms with Crippen LogP contribution in [0.4, 0.5) is 0 Å². The Morgan fingerprint density at radius 1 is 1.28 bits per heavy atom. The van der Waals surface area contributed by atoms with E-state index in [0.29, 0.717) is 6.42 Å². The van der Waals surface area contributed by atoms with Crippen LogP contribution in [0.25, 0.3) is 0 Å². The van der Waals surface area contributed by atoms with E-state index in [4.69, 9.17) is 0 Å². The van der Waals surface area contributed by atoms with E-state index in [1.54, 1.807) is 19.9 Å². The van der Waals surface area contributed by atoms with Gasteiger partial charge in [-0.15, -0.1) is 0 Å². The van der Waals surface area contributed by atoms with Gasteiger partial charge in [0.2, 0.25) is 0 Å². The summed E-state index contributed by atoms with van der Waals surface area (Å²) in [6.45, 7) is 9.10. The largest absolute Gasteiger partial charge is 0.390 e. The lowest BCUT2D eigenvalue weighted by Crippen LogP contribution is -2.40. The van der Waals surface area contributed by atoms with Crippen molar-refractivity contribution < 1.29 is 15.3 Å². The van der Waals surface area contributed by atoms with Crippen LogP contribution in [0.5, 0.6) is 0 Å². The quantitative estimate of drug-likeness (QED) is 0.676. The number of aliphatic hydroxyl groups is 3. The van der Waals surface area contributed by atoms with Crippen LogP contribution in [-0.4, -0.2) is 32.1 Å². The zero-order chi connectivity index (χ0) is 14.2. The monoisotopic (exact) mass is 256 g/mol. The summed E-state index contributed by atoms with van der Waals surface area (Å²) in [4.78, 5) is 0. The third-order valence-corrected chi connectivity index (χ3v) is 4.40. The van der Waals surface area contributed by atoms with Crippen LogP contribution >= 0.6 is 0 Å². The van der Waals surface area contributed by atoms with Crippen molar-refractivity contribution in [3.05, 3.63) is 12.2 Å². The molecule has 0 bridgehead atoms. The Hall–Kier alpha value is -0.380. The van der Waals surface area contributed by atoms with E-state index < -0.39 is 16.8 Å². The predicted molar refractivity (Wildman–Crippen MR) is 73.2 cm³/mol. The lowest BCUT2D eigenvalue weighted by atomic mass is 9.77. The van der Waals surface area contributed by atoms with Gasteiger partial charge in [-0.3, -0.25) is 0 Å². The Morgan fingerprint density at radius 3 is 2.22 bits per heavy atom. The van der Waals surface area contributed by atoms with Gasteiger partial charge >= 0.3 is 0 Å². The average Bonchev–Trinajstić information content (AvgIpc) is 2.39. The van der Waals surface area contributed by atoms with Crippen molar-refractivity contribution in [1.29, 1.82) is 0 Å². The minimum atomic E-state index is -0.844. The molecule has 0 spiro atoms. The Kier molecular flexibility index (Phi) is 4.31. The third kappa shape index (κ3) is 3.81. The second-order valence-corrected chi connectivity index (χ2v) is 6.91. The smallest absolute Gasteiger partial charge is 0.0771 e. The van der Waals surface area contributed by atoms with Crippen LogP contribution in [-0.2, 0) is 0 Å². The molecule has 1 aliphatic rings. The van der Waals surface area contributed by atoms with Crippen molar-refractivity contribution >= 4 is 0 Å². The molecular weight excluding hydrogens is 228 g/mol. The van der Waals surface area contributed by atoms with Crippen LogP contribution in [0, 0.1) is 11.8 Å². The summed E-state index contributed by atoms with van der Waals surface area (Å²) < 4.78 is 0. The average molecular weight is 256 g/mol. The lowest BCUT2D eigenvalue weighted by molar-refractivity contribution is -0.0485. The molecule has 4 unspecified atom stereocenters. The molecule has 0 radical (unpaired) electrons. The van der Waals surface area contributed by atoms with Crippen LogP contribution in [0.3, 0.4) is 0 Å². The highest BCUT2D eigenvalue weighted by atomic mass is 16.3. The van der Waals surface area contributed by atoms with Gasteiger partial charge in [0.25, 0.3) is 0 Å². The zero-order valence-corrected chi connectivity index (χ0v) is 12.3. The molecule has 0 amide bonds. The molecule has 0 aliphatic heterocycles. The van der Waals surface area contributed by atoms with Gasteiger partial charge in [0, 0.05) is 0 Å². The Morgan fingerprint density at radius 2 is 1.83 bits per heavy atom. The first-order valence-electron chi connectivity index (χ1n) is 6.80. The van der Waals surface area contributed by atoms with Crippen molar-refractivity contribution in [2.24, 2.45) is 11.8 Å². The third-order valence-electron chi connectivity index (χ3n) is 4.40. The van der Waals surface area contributed by atoms with Gasteiger partial charge in [-0.1, -0.05) is 19.1 Å². The summed E-state index contributed by atoms with van der Waals surface area (Å²) in [5.74, 6) is 0.182. The molecule has 18 heavy (non-hydrogen) atoms. The summed E-state index contributed by atoms with van der Waals surface area (Å²) in [7, 11) is 0. The van der Waals surface area contributed by atoms with E-state index >= 15 is 0 Å². The Bertz CT molecular complexity index is 310. The van der Waals surface area contributed by atoms with Gasteiger partial charge in [-0.25, -0.2) is 0 Å². The molecule has 0 aromatic carbocycles. The molecule has 0 aromatic heterocycles. The van der Waals surface area contributed by atoms with Crippen molar-refractivity contribution in [1.82, 2.24) is 0 Å². The van der Waals surface area contributed by atoms with E-state index in [-0.39, 0.29) is 11.8 Å². The first-order valence-corrected chi connectivity index (χ1v) is 6.80. The predicted octanol–water partition coefficient (Wildman–Crippen LogP) is 2.25. The van der Waals surface area contributed by atoms with E-state index in [1.165, 1.54) is 0 Å². The fourth-order valence-electron chi connectivity index (χ4n) is 2.95. The molecule has 0 saturated heterocycles. The summed E-state index contributed by atoms with van der Waals surface area (Å²) in [6.07, 6.45) is 5.63. The molecule has 3 heteroatoms. The molecule has 3 N–H and O–H groups in total. The highest BCUT2D eigenvalue weighted by Crippen LogP contribution is 2.46. The summed E-state index contributed by atoms with van der Waals surface area (Å²) in [5, 5.41) is 30.4. The topological polar surface area (TPSA) is 60.7 Å². The van der Waals surface area contributed by atoms with E-state index in [1.807, 2.05) is 26.8 Å². The standard InChI is InChI=1S/C15H28O3/c1-11-12(7-10-14(11,4)17)15(5,18)9-6-8-13(2,3)16/h6,8,11-12,16-18H,7,9-10H2,1-5H3. The molecule has 4 atom stereocenters. The van der Waals surface area contributed by atoms with E-state index in [2.05, 4.69) is 0 Å². The highest BCUT2D eigenvalue weighted by Gasteiger charge is 2.47. The number of hydrogen-bond donors (Lipinski definition) is 3. The van der Waals surface area contributed by atoms with Gasteiger partial charge in [0.1, 0.15) is 0 Å². The molecule has 0 aromatic rings. The van der Waals surface area contributed by atoms with E-state index in [9.17, 15) is 15.3 Å². The number of rotatable bonds is 4. The first-order chi connectivity index (χ1) is 7.96. The maximum absolute atomic E-state index is 10.6. The minimum absolute atomic E-state index is 0.0861. The SMILES string of the molecule is CC1C(C(C)(O)CC=CC(C)(C)O)CCC1(C)O. The van der Waals surface area contributed by atoms with Crippen LogP contribution in [0.1, 0.15) is 53.9 Å². The second-order valence-electron chi connectivity index (χ2n) is 6.91.